The van der Waals surface area contributed by atoms with Gasteiger partial charge in [0.05, 0.1) is 0 Å². The third kappa shape index (κ3) is 3.03. The maximum absolute atomic E-state index is 10.9. The summed E-state index contributed by atoms with van der Waals surface area (Å²) in [6, 6.07) is 8.08. The van der Waals surface area contributed by atoms with E-state index in [4.69, 9.17) is 4.52 Å². The monoisotopic (exact) mass is 244 g/mol. The van der Waals surface area contributed by atoms with Crippen LogP contribution in [0.2, 0.25) is 0 Å². The smallest absolute Gasteiger partial charge is 0.227 e. The van der Waals surface area contributed by atoms with Gasteiger partial charge in [-0.15, -0.1) is 0 Å². The quantitative estimate of drug-likeness (QED) is 0.811. The summed E-state index contributed by atoms with van der Waals surface area (Å²) in [6.45, 7) is 3.67. The van der Waals surface area contributed by atoms with Crippen LogP contribution in [0.15, 0.2) is 28.8 Å². The molecule has 0 aliphatic heterocycles. The van der Waals surface area contributed by atoms with Crippen molar-refractivity contribution in [2.24, 2.45) is 0 Å². The van der Waals surface area contributed by atoms with Crippen LogP contribution in [0.3, 0.4) is 0 Å². The van der Waals surface area contributed by atoms with E-state index in [2.05, 4.69) is 29.2 Å². The van der Waals surface area contributed by atoms with Gasteiger partial charge in [-0.2, -0.15) is 4.98 Å². The number of nitrogens with zero attached hydrogens (tertiary/aromatic N) is 2. The lowest BCUT2D eigenvalue weighted by molar-refractivity contribution is -0.117. The Hall–Kier alpha value is -1.97. The molecule has 0 radical (unpaired) electrons. The van der Waals surface area contributed by atoms with E-state index in [0.717, 1.165) is 12.0 Å². The van der Waals surface area contributed by atoms with Crippen molar-refractivity contribution in [1.29, 1.82) is 0 Å². The number of aryl methyl sites for hydroxylation is 2. The van der Waals surface area contributed by atoms with Gasteiger partial charge in [-0.3, -0.25) is 0 Å². The lowest BCUT2D eigenvalue weighted by atomic mass is 10.1. The molecule has 0 unspecified atom stereocenters. The van der Waals surface area contributed by atoms with Gasteiger partial charge in [0.2, 0.25) is 11.7 Å². The van der Waals surface area contributed by atoms with Crippen molar-refractivity contribution in [3.05, 3.63) is 35.7 Å². The minimum atomic E-state index is 0.127. The molecule has 2 rings (SSSR count). The van der Waals surface area contributed by atoms with Crippen molar-refractivity contribution in [3.8, 4) is 11.4 Å². The fourth-order valence-corrected chi connectivity index (χ4v) is 1.65. The Morgan fingerprint density at radius 1 is 1.28 bits per heavy atom. The van der Waals surface area contributed by atoms with Crippen LogP contribution < -0.4 is 0 Å². The fraction of sp³-hybridized carbons (Fsp3) is 0.357. The highest BCUT2D eigenvalue weighted by atomic mass is 16.5. The number of aromatic nitrogens is 2. The maximum atomic E-state index is 10.9. The number of hydrogen-bond acceptors (Lipinski definition) is 4. The normalized spacial score (nSPS) is 10.6. The standard InChI is InChI=1S/C14H16N2O2/c1-3-11-5-7-12(8-6-11)14-15-13(18-16-14)9-4-10(2)17/h5-8H,3-4,9H2,1-2H3. The summed E-state index contributed by atoms with van der Waals surface area (Å²) in [5, 5.41) is 3.92. The van der Waals surface area contributed by atoms with Crippen molar-refractivity contribution in [2.45, 2.75) is 33.1 Å². The molecule has 2 aromatic rings. The molecule has 0 amide bonds. The number of benzene rings is 1. The second-order valence-corrected chi connectivity index (χ2v) is 4.26. The second-order valence-electron chi connectivity index (χ2n) is 4.26. The van der Waals surface area contributed by atoms with Crippen LogP contribution in [0.4, 0.5) is 0 Å². The molecule has 0 spiro atoms. The molecule has 4 nitrogen and oxygen atoms in total. The van der Waals surface area contributed by atoms with Crippen LogP contribution in [0.25, 0.3) is 11.4 Å². The van der Waals surface area contributed by atoms with Crippen LogP contribution in [0.1, 0.15) is 31.7 Å². The zero-order chi connectivity index (χ0) is 13.0. The first kappa shape index (κ1) is 12.5. The third-order valence-corrected chi connectivity index (χ3v) is 2.78. The molecule has 18 heavy (non-hydrogen) atoms. The van der Waals surface area contributed by atoms with Gasteiger partial charge >= 0.3 is 0 Å². The molecule has 0 bridgehead atoms. The van der Waals surface area contributed by atoms with Gasteiger partial charge in [-0.05, 0) is 18.9 Å². The zero-order valence-electron chi connectivity index (χ0n) is 10.6. The summed E-state index contributed by atoms with van der Waals surface area (Å²) in [6.07, 6.45) is 1.96. The summed E-state index contributed by atoms with van der Waals surface area (Å²) in [5.74, 6) is 1.22. The lowest BCUT2D eigenvalue weighted by Crippen LogP contribution is -1.94. The Morgan fingerprint density at radius 3 is 2.61 bits per heavy atom. The summed E-state index contributed by atoms with van der Waals surface area (Å²) in [7, 11) is 0. The molecular formula is C14H16N2O2. The Labute approximate surface area is 106 Å². The van der Waals surface area contributed by atoms with E-state index in [1.54, 1.807) is 6.92 Å². The predicted molar refractivity (Wildman–Crippen MR) is 68.1 cm³/mol. The first-order valence-corrected chi connectivity index (χ1v) is 6.10. The van der Waals surface area contributed by atoms with Gasteiger partial charge < -0.3 is 9.32 Å². The average Bonchev–Trinajstić information content (AvgIpc) is 2.85. The number of ketones is 1. The van der Waals surface area contributed by atoms with Crippen molar-refractivity contribution in [2.75, 3.05) is 0 Å². The summed E-state index contributed by atoms with van der Waals surface area (Å²) >= 11 is 0. The predicted octanol–water partition coefficient (Wildman–Crippen LogP) is 2.82. The maximum Gasteiger partial charge on any atom is 0.227 e. The van der Waals surface area contributed by atoms with Gasteiger partial charge in [0.15, 0.2) is 0 Å². The molecule has 1 aromatic carbocycles. The molecule has 0 aliphatic rings. The molecule has 0 atom stereocenters. The van der Waals surface area contributed by atoms with E-state index in [9.17, 15) is 4.79 Å². The first-order chi connectivity index (χ1) is 8.69. The molecule has 0 fully saturated rings. The topological polar surface area (TPSA) is 56.0 Å². The second kappa shape index (κ2) is 5.58. The third-order valence-electron chi connectivity index (χ3n) is 2.78. The Balaban J connectivity index is 2.10. The van der Waals surface area contributed by atoms with Crippen molar-refractivity contribution in [1.82, 2.24) is 10.1 Å². The first-order valence-electron chi connectivity index (χ1n) is 6.10. The highest BCUT2D eigenvalue weighted by molar-refractivity contribution is 5.75. The number of carbonyl (C=O) groups is 1. The van der Waals surface area contributed by atoms with Crippen molar-refractivity contribution < 1.29 is 9.32 Å². The zero-order valence-corrected chi connectivity index (χ0v) is 10.6. The molecule has 0 aliphatic carbocycles. The van der Waals surface area contributed by atoms with Crippen LogP contribution >= 0.6 is 0 Å². The molecule has 0 N–H and O–H groups in total. The molecule has 0 saturated carbocycles. The molecule has 1 aromatic heterocycles. The molecular weight excluding hydrogens is 228 g/mol. The van der Waals surface area contributed by atoms with Gasteiger partial charge in [0.1, 0.15) is 5.78 Å². The van der Waals surface area contributed by atoms with Crippen LogP contribution in [0.5, 0.6) is 0 Å². The molecule has 1 heterocycles. The van der Waals surface area contributed by atoms with E-state index in [-0.39, 0.29) is 5.78 Å². The minimum Gasteiger partial charge on any atom is -0.339 e. The minimum absolute atomic E-state index is 0.127. The average molecular weight is 244 g/mol. The van der Waals surface area contributed by atoms with Crippen molar-refractivity contribution >= 4 is 5.78 Å². The van der Waals surface area contributed by atoms with E-state index in [1.165, 1.54) is 5.56 Å². The van der Waals surface area contributed by atoms with Gasteiger partial charge in [0.25, 0.3) is 0 Å². The Morgan fingerprint density at radius 2 is 2.00 bits per heavy atom. The Bertz CT molecular complexity index is 529. The van der Waals surface area contributed by atoms with Crippen LogP contribution in [0, 0.1) is 0 Å². The summed E-state index contributed by atoms with van der Waals surface area (Å²) in [4.78, 5) is 15.2. The van der Waals surface area contributed by atoms with E-state index < -0.39 is 0 Å². The highest BCUT2D eigenvalue weighted by Crippen LogP contribution is 2.17. The van der Waals surface area contributed by atoms with Gasteiger partial charge in [-0.25, -0.2) is 0 Å². The molecule has 94 valence electrons. The van der Waals surface area contributed by atoms with Crippen LogP contribution in [-0.2, 0) is 17.6 Å². The fourth-order valence-electron chi connectivity index (χ4n) is 1.65. The lowest BCUT2D eigenvalue weighted by Gasteiger charge is -1.97. The molecule has 0 saturated heterocycles. The van der Waals surface area contributed by atoms with Crippen LogP contribution in [-0.4, -0.2) is 15.9 Å². The van der Waals surface area contributed by atoms with E-state index >= 15 is 0 Å². The number of Topliss-reactive ketones (excluding diaryl/α,β-unsaturated/α-hetero) is 1. The summed E-state index contributed by atoms with van der Waals surface area (Å²) in [5.41, 5.74) is 2.21. The Kier molecular flexibility index (Phi) is 3.87. The van der Waals surface area contributed by atoms with Crippen molar-refractivity contribution in [3.63, 3.8) is 0 Å². The summed E-state index contributed by atoms with van der Waals surface area (Å²) < 4.78 is 5.11. The number of carbonyl (C=O) groups excluding carboxylic acids is 1. The highest BCUT2D eigenvalue weighted by Gasteiger charge is 2.09. The molecule has 4 heteroatoms. The van der Waals surface area contributed by atoms with E-state index in [1.807, 2.05) is 12.1 Å². The largest absolute Gasteiger partial charge is 0.339 e. The number of hydrogen-bond donors (Lipinski definition) is 0. The SMILES string of the molecule is CCc1ccc(-c2noc(CCC(C)=O)n2)cc1. The van der Waals surface area contributed by atoms with Gasteiger partial charge in [-0.1, -0.05) is 36.3 Å². The van der Waals surface area contributed by atoms with Gasteiger partial charge in [0, 0.05) is 18.4 Å². The van der Waals surface area contributed by atoms with E-state index in [0.29, 0.717) is 24.6 Å². The number of rotatable bonds is 5.